The van der Waals surface area contributed by atoms with Gasteiger partial charge in [0, 0.05) is 12.8 Å². The molecule has 0 aliphatic carbocycles. The molecule has 0 radical (unpaired) electrons. The van der Waals surface area contributed by atoms with Gasteiger partial charge in [-0.2, -0.15) is 8.42 Å². The van der Waals surface area contributed by atoms with Crippen molar-refractivity contribution in [1.29, 1.82) is 0 Å². The van der Waals surface area contributed by atoms with Crippen molar-refractivity contribution in [3.05, 3.63) is 48.6 Å². The van der Waals surface area contributed by atoms with Gasteiger partial charge < -0.3 is 34.3 Å². The maximum atomic E-state index is 12.8. The molecular weight excluding hydrogens is 765 g/mol. The number of allylic oxidation sites excluding steroid dienone is 8. The highest BCUT2D eigenvalue weighted by Crippen LogP contribution is 2.24. The Morgan fingerprint density at radius 2 is 1.09 bits per heavy atom. The van der Waals surface area contributed by atoms with E-state index in [-0.39, 0.29) is 19.4 Å². The quantitative estimate of drug-likeness (QED) is 0.0204. The van der Waals surface area contributed by atoms with Crippen molar-refractivity contribution >= 4 is 22.1 Å². The fraction of sp³-hybridized carbons (Fsp3) is 0.778. The Hall–Kier alpha value is -2.39. The van der Waals surface area contributed by atoms with Gasteiger partial charge in [0.05, 0.1) is 6.61 Å². The minimum absolute atomic E-state index is 0.139. The van der Waals surface area contributed by atoms with Crippen LogP contribution in [-0.4, -0.2) is 96.0 Å². The lowest BCUT2D eigenvalue weighted by molar-refractivity contribution is -0.297. The highest BCUT2D eigenvalue weighted by atomic mass is 32.2. The molecule has 0 aromatic carbocycles. The van der Waals surface area contributed by atoms with E-state index in [1.54, 1.807) is 0 Å². The summed E-state index contributed by atoms with van der Waals surface area (Å²) in [5.41, 5.74) is 0. The first-order chi connectivity index (χ1) is 28.0. The van der Waals surface area contributed by atoms with Crippen molar-refractivity contribution in [2.45, 2.75) is 205 Å². The van der Waals surface area contributed by atoms with Gasteiger partial charge in [-0.15, -0.1) is 0 Å². The summed E-state index contributed by atoms with van der Waals surface area (Å²) in [6, 6.07) is 0. The number of aliphatic hydroxyl groups excluding tert-OH is 3. The summed E-state index contributed by atoms with van der Waals surface area (Å²) >= 11 is 0. The van der Waals surface area contributed by atoms with Crippen LogP contribution in [0.1, 0.15) is 168 Å². The molecule has 58 heavy (non-hydrogen) atoms. The van der Waals surface area contributed by atoms with E-state index in [0.717, 1.165) is 77.0 Å². The van der Waals surface area contributed by atoms with E-state index in [4.69, 9.17) is 18.9 Å². The zero-order chi connectivity index (χ0) is 42.7. The van der Waals surface area contributed by atoms with Crippen LogP contribution in [0.15, 0.2) is 48.6 Å². The van der Waals surface area contributed by atoms with Crippen molar-refractivity contribution in [2.24, 2.45) is 0 Å². The molecule has 1 fully saturated rings. The van der Waals surface area contributed by atoms with E-state index < -0.39 is 71.2 Å². The lowest BCUT2D eigenvalue weighted by Crippen LogP contribution is -2.60. The van der Waals surface area contributed by atoms with Crippen LogP contribution in [0.2, 0.25) is 0 Å². The maximum Gasteiger partial charge on any atom is 0.306 e. The molecule has 0 saturated carbocycles. The Morgan fingerprint density at radius 3 is 1.66 bits per heavy atom. The van der Waals surface area contributed by atoms with Gasteiger partial charge >= 0.3 is 11.9 Å². The van der Waals surface area contributed by atoms with Crippen LogP contribution in [0.25, 0.3) is 0 Å². The van der Waals surface area contributed by atoms with E-state index >= 15 is 0 Å². The Balaban J connectivity index is 2.48. The van der Waals surface area contributed by atoms with E-state index in [0.29, 0.717) is 12.8 Å². The number of unbranched alkanes of at least 4 members (excludes halogenated alkanes) is 16. The molecule has 12 nitrogen and oxygen atoms in total. The lowest BCUT2D eigenvalue weighted by Gasteiger charge is -2.40. The first-order valence-electron chi connectivity index (χ1n) is 22.2. The SMILES string of the molecule is CC/C=C/C/C=C/C/C=C/CCCCCCCC(=O)OC[C@H](CO[C@H]1O[C@H](CS(=O)(=O)O)[C@@H](O)C(O)C1O)OC(=O)CCCCC/C=C/CCCCCCCCCC. The number of ether oxygens (including phenoxy) is 4. The van der Waals surface area contributed by atoms with E-state index in [9.17, 15) is 37.9 Å². The summed E-state index contributed by atoms with van der Waals surface area (Å²) in [5.74, 6) is -2.03. The van der Waals surface area contributed by atoms with Gasteiger partial charge in [0.1, 0.15) is 36.8 Å². The van der Waals surface area contributed by atoms with Gasteiger partial charge in [-0.05, 0) is 70.6 Å². The molecule has 6 atom stereocenters. The molecule has 1 heterocycles. The van der Waals surface area contributed by atoms with Gasteiger partial charge in [-0.25, -0.2) is 0 Å². The second-order valence-electron chi connectivity index (χ2n) is 15.3. The molecule has 2 unspecified atom stereocenters. The highest BCUT2D eigenvalue weighted by Gasteiger charge is 2.46. The first-order valence-corrected chi connectivity index (χ1v) is 23.8. The smallest absolute Gasteiger partial charge is 0.306 e. The fourth-order valence-corrected chi connectivity index (χ4v) is 7.14. The Morgan fingerprint density at radius 1 is 0.603 bits per heavy atom. The monoisotopic (exact) mass is 843 g/mol. The number of carbonyl (C=O) groups is 2. The van der Waals surface area contributed by atoms with Crippen LogP contribution >= 0.6 is 0 Å². The summed E-state index contributed by atoms with van der Waals surface area (Å²) in [6.45, 7) is 3.61. The summed E-state index contributed by atoms with van der Waals surface area (Å²) in [6.07, 6.45) is 31.6. The molecule has 336 valence electrons. The van der Waals surface area contributed by atoms with E-state index in [1.807, 2.05) is 0 Å². The second-order valence-corrected chi connectivity index (χ2v) is 16.8. The number of carbonyl (C=O) groups excluding carboxylic acids is 2. The zero-order valence-electron chi connectivity index (χ0n) is 35.6. The summed E-state index contributed by atoms with van der Waals surface area (Å²) in [4.78, 5) is 25.4. The molecule has 1 aliphatic rings. The number of hydrogen-bond acceptors (Lipinski definition) is 11. The van der Waals surface area contributed by atoms with Gasteiger partial charge in [-0.1, -0.05) is 133 Å². The van der Waals surface area contributed by atoms with Crippen LogP contribution in [0, 0.1) is 0 Å². The van der Waals surface area contributed by atoms with Crippen molar-refractivity contribution in [3.8, 4) is 0 Å². The van der Waals surface area contributed by atoms with Crippen molar-refractivity contribution in [2.75, 3.05) is 19.0 Å². The molecule has 13 heteroatoms. The normalized spacial score (nSPS) is 20.8. The molecule has 0 spiro atoms. The summed E-state index contributed by atoms with van der Waals surface area (Å²) in [7, 11) is -4.61. The molecule has 1 aliphatic heterocycles. The Kier molecular flexibility index (Phi) is 32.7. The summed E-state index contributed by atoms with van der Waals surface area (Å²) < 4.78 is 54.0. The molecule has 0 aromatic heterocycles. The van der Waals surface area contributed by atoms with Crippen LogP contribution in [0.3, 0.4) is 0 Å². The molecule has 4 N–H and O–H groups in total. The highest BCUT2D eigenvalue weighted by molar-refractivity contribution is 7.85. The third-order valence-corrected chi connectivity index (χ3v) is 10.6. The van der Waals surface area contributed by atoms with E-state index in [2.05, 4.69) is 62.5 Å². The Labute approximate surface area is 350 Å². The number of aliphatic hydroxyl groups is 3. The molecule has 0 amide bonds. The van der Waals surface area contributed by atoms with Gasteiger partial charge in [0.2, 0.25) is 0 Å². The molecule has 1 saturated heterocycles. The molecule has 0 aromatic rings. The standard InChI is InChI=1S/C45H78O12S/c1-3-5-7-9-11-13-15-17-19-21-23-25-27-29-31-33-40(46)54-35-38(36-55-45-44(50)43(49)42(48)39(57-45)37-58(51,52)53)56-41(47)34-32-30-28-26-24-22-20-18-16-14-12-10-8-6-4-2/h5,7,11,13,17,19,22,24,38-39,42-45,48-50H,3-4,6,8-10,12,14-16,18,20-21,23,25-37H2,1-2H3,(H,51,52,53)/b7-5+,13-11+,19-17+,24-22+/t38-,39-,42-,43?,44?,45+/m1/s1. The van der Waals surface area contributed by atoms with Crippen molar-refractivity contribution in [1.82, 2.24) is 0 Å². The van der Waals surface area contributed by atoms with Crippen LogP contribution in [0.4, 0.5) is 0 Å². The van der Waals surface area contributed by atoms with Crippen LogP contribution < -0.4 is 0 Å². The topological polar surface area (TPSA) is 186 Å². The largest absolute Gasteiger partial charge is 0.462 e. The van der Waals surface area contributed by atoms with E-state index in [1.165, 1.54) is 51.4 Å². The molecular formula is C45H78O12S. The minimum Gasteiger partial charge on any atom is -0.462 e. The molecule has 1 rings (SSSR count). The zero-order valence-corrected chi connectivity index (χ0v) is 36.5. The first kappa shape index (κ1) is 53.6. The predicted octanol–water partition coefficient (Wildman–Crippen LogP) is 8.78. The Bertz CT molecular complexity index is 1260. The number of rotatable bonds is 36. The fourth-order valence-electron chi connectivity index (χ4n) is 6.45. The van der Waals surface area contributed by atoms with Crippen molar-refractivity contribution < 1.29 is 56.8 Å². The lowest BCUT2D eigenvalue weighted by atomic mass is 10.00. The van der Waals surface area contributed by atoms with Gasteiger partial charge in [0.15, 0.2) is 12.4 Å². The van der Waals surface area contributed by atoms with Gasteiger partial charge in [-0.3, -0.25) is 14.1 Å². The third-order valence-electron chi connectivity index (χ3n) is 9.89. The van der Waals surface area contributed by atoms with Crippen LogP contribution in [-0.2, 0) is 38.7 Å². The number of esters is 2. The minimum atomic E-state index is -4.61. The third kappa shape index (κ3) is 29.8. The van der Waals surface area contributed by atoms with Gasteiger partial charge in [0.25, 0.3) is 10.1 Å². The van der Waals surface area contributed by atoms with Crippen LogP contribution in [0.5, 0.6) is 0 Å². The number of hydrogen-bond donors (Lipinski definition) is 4. The predicted molar refractivity (Wildman–Crippen MR) is 229 cm³/mol. The molecule has 0 bridgehead atoms. The van der Waals surface area contributed by atoms with Crippen molar-refractivity contribution in [3.63, 3.8) is 0 Å². The second kappa shape index (κ2) is 35.4. The maximum absolute atomic E-state index is 12.8. The average Bonchev–Trinajstić information content (AvgIpc) is 3.18. The summed E-state index contributed by atoms with van der Waals surface area (Å²) in [5, 5.41) is 30.9. The average molecular weight is 843 g/mol.